The summed E-state index contributed by atoms with van der Waals surface area (Å²) in [6.45, 7) is 6.57. The predicted molar refractivity (Wildman–Crippen MR) is 72.9 cm³/mol. The van der Waals surface area contributed by atoms with Gasteiger partial charge in [-0.1, -0.05) is 46.5 Å². The van der Waals surface area contributed by atoms with E-state index >= 15 is 0 Å². The third-order valence-electron chi connectivity index (χ3n) is 4.25. The molecule has 0 aliphatic heterocycles. The van der Waals surface area contributed by atoms with Crippen molar-refractivity contribution in [3.05, 3.63) is 0 Å². The Hall–Kier alpha value is -0.120. The molecule has 104 valence electrons. The van der Waals surface area contributed by atoms with Crippen LogP contribution in [0.25, 0.3) is 0 Å². The second kappa shape index (κ2) is 8.06. The minimum absolute atomic E-state index is 0.0239. The zero-order chi connectivity index (χ0) is 13.4. The van der Waals surface area contributed by atoms with E-state index in [1.807, 2.05) is 6.92 Å². The summed E-state index contributed by atoms with van der Waals surface area (Å²) in [6.07, 6.45) is 6.31. The van der Waals surface area contributed by atoms with Crippen LogP contribution in [-0.4, -0.2) is 29.0 Å². The molecule has 0 aromatic rings. The van der Waals surface area contributed by atoms with E-state index in [-0.39, 0.29) is 6.61 Å². The molecule has 0 aromatic heterocycles. The standard InChI is InChI=1S/C14H31NO2/c1-4-7-9-14(17,10-8-5-2)13(6-3,11-15)12-16/h16-17H,4-12,15H2,1-3H3. The molecule has 0 aliphatic carbocycles. The van der Waals surface area contributed by atoms with Gasteiger partial charge < -0.3 is 15.9 Å². The fraction of sp³-hybridized carbons (Fsp3) is 1.00. The molecule has 0 fully saturated rings. The molecule has 3 heteroatoms. The number of hydrogen-bond acceptors (Lipinski definition) is 3. The van der Waals surface area contributed by atoms with Crippen molar-refractivity contribution in [1.82, 2.24) is 0 Å². The minimum atomic E-state index is -0.808. The van der Waals surface area contributed by atoms with E-state index in [4.69, 9.17) is 5.73 Å². The summed E-state index contributed by atoms with van der Waals surface area (Å²) in [5, 5.41) is 20.6. The van der Waals surface area contributed by atoms with Gasteiger partial charge in [-0.05, 0) is 19.3 Å². The number of unbranched alkanes of at least 4 members (excludes halogenated alkanes) is 2. The minimum Gasteiger partial charge on any atom is -0.396 e. The van der Waals surface area contributed by atoms with Gasteiger partial charge in [0.2, 0.25) is 0 Å². The molecule has 0 bridgehead atoms. The molecule has 0 radical (unpaired) electrons. The molecule has 0 heterocycles. The number of rotatable bonds is 10. The largest absolute Gasteiger partial charge is 0.396 e. The third kappa shape index (κ3) is 3.94. The number of hydrogen-bond donors (Lipinski definition) is 3. The lowest BCUT2D eigenvalue weighted by Crippen LogP contribution is -2.54. The van der Waals surface area contributed by atoms with Crippen LogP contribution in [0.1, 0.15) is 65.7 Å². The summed E-state index contributed by atoms with van der Waals surface area (Å²) in [7, 11) is 0. The molecule has 0 saturated heterocycles. The number of aliphatic hydroxyl groups excluding tert-OH is 1. The van der Waals surface area contributed by atoms with Crippen molar-refractivity contribution >= 4 is 0 Å². The van der Waals surface area contributed by atoms with Crippen LogP contribution < -0.4 is 5.73 Å². The zero-order valence-corrected chi connectivity index (χ0v) is 11.8. The van der Waals surface area contributed by atoms with Crippen molar-refractivity contribution in [3.8, 4) is 0 Å². The fourth-order valence-corrected chi connectivity index (χ4v) is 2.58. The summed E-state index contributed by atoms with van der Waals surface area (Å²) in [5.41, 5.74) is 4.50. The van der Waals surface area contributed by atoms with Gasteiger partial charge in [-0.2, -0.15) is 0 Å². The van der Waals surface area contributed by atoms with Crippen LogP contribution in [0, 0.1) is 5.41 Å². The Bertz CT molecular complexity index is 174. The van der Waals surface area contributed by atoms with Crippen LogP contribution in [0.5, 0.6) is 0 Å². The molecule has 1 atom stereocenters. The SMILES string of the molecule is CCCCC(O)(CCCC)C(CC)(CN)CO. The third-order valence-corrected chi connectivity index (χ3v) is 4.25. The summed E-state index contributed by atoms with van der Waals surface area (Å²) < 4.78 is 0. The first-order chi connectivity index (χ1) is 8.05. The van der Waals surface area contributed by atoms with E-state index in [9.17, 15) is 10.2 Å². The normalized spacial score (nSPS) is 15.9. The van der Waals surface area contributed by atoms with Crippen molar-refractivity contribution in [2.45, 2.75) is 71.3 Å². The van der Waals surface area contributed by atoms with E-state index in [1.165, 1.54) is 0 Å². The van der Waals surface area contributed by atoms with E-state index in [0.717, 1.165) is 44.9 Å². The molecule has 0 amide bonds. The van der Waals surface area contributed by atoms with Crippen LogP contribution in [0.2, 0.25) is 0 Å². The molecule has 17 heavy (non-hydrogen) atoms. The zero-order valence-electron chi connectivity index (χ0n) is 11.8. The average Bonchev–Trinajstić information content (AvgIpc) is 2.36. The van der Waals surface area contributed by atoms with Crippen molar-refractivity contribution in [2.75, 3.05) is 13.2 Å². The molecule has 0 aromatic carbocycles. The second-order valence-corrected chi connectivity index (χ2v) is 5.23. The van der Waals surface area contributed by atoms with Crippen molar-refractivity contribution < 1.29 is 10.2 Å². The number of aliphatic hydroxyl groups is 2. The first-order valence-electron chi connectivity index (χ1n) is 7.09. The summed E-state index contributed by atoms with van der Waals surface area (Å²) in [5.74, 6) is 0. The molecule has 3 nitrogen and oxygen atoms in total. The monoisotopic (exact) mass is 245 g/mol. The molecule has 0 saturated carbocycles. The summed E-state index contributed by atoms with van der Waals surface area (Å²) in [4.78, 5) is 0. The van der Waals surface area contributed by atoms with Gasteiger partial charge in [0.25, 0.3) is 0 Å². The van der Waals surface area contributed by atoms with Crippen LogP contribution in [0.3, 0.4) is 0 Å². The van der Waals surface area contributed by atoms with Gasteiger partial charge in [-0.25, -0.2) is 0 Å². The highest BCUT2D eigenvalue weighted by atomic mass is 16.3. The topological polar surface area (TPSA) is 66.5 Å². The molecule has 0 spiro atoms. The Morgan fingerprint density at radius 1 is 1.00 bits per heavy atom. The van der Waals surface area contributed by atoms with Gasteiger partial charge in [-0.3, -0.25) is 0 Å². The maximum atomic E-state index is 10.9. The van der Waals surface area contributed by atoms with Crippen molar-refractivity contribution in [1.29, 1.82) is 0 Å². The highest BCUT2D eigenvalue weighted by molar-refractivity contribution is 4.98. The van der Waals surface area contributed by atoms with E-state index in [0.29, 0.717) is 6.54 Å². The maximum Gasteiger partial charge on any atom is 0.0737 e. The first kappa shape index (κ1) is 16.9. The van der Waals surface area contributed by atoms with Gasteiger partial charge in [0.05, 0.1) is 12.2 Å². The Kier molecular flexibility index (Phi) is 8.01. The molecular formula is C14H31NO2. The van der Waals surface area contributed by atoms with Crippen molar-refractivity contribution in [3.63, 3.8) is 0 Å². The van der Waals surface area contributed by atoms with Crippen LogP contribution in [0.4, 0.5) is 0 Å². The van der Waals surface area contributed by atoms with Crippen molar-refractivity contribution in [2.24, 2.45) is 11.1 Å². The van der Waals surface area contributed by atoms with Gasteiger partial charge in [0.1, 0.15) is 0 Å². The quantitative estimate of drug-likeness (QED) is 0.554. The highest BCUT2D eigenvalue weighted by Gasteiger charge is 2.46. The Morgan fingerprint density at radius 2 is 1.47 bits per heavy atom. The smallest absolute Gasteiger partial charge is 0.0737 e. The van der Waals surface area contributed by atoms with Crippen LogP contribution >= 0.6 is 0 Å². The Morgan fingerprint density at radius 3 is 1.71 bits per heavy atom. The predicted octanol–water partition coefficient (Wildman–Crippen LogP) is 2.45. The highest BCUT2D eigenvalue weighted by Crippen LogP contribution is 2.41. The second-order valence-electron chi connectivity index (χ2n) is 5.23. The lowest BCUT2D eigenvalue weighted by molar-refractivity contribution is -0.120. The Balaban J connectivity index is 4.94. The molecule has 0 rings (SSSR count). The molecular weight excluding hydrogens is 214 g/mol. The lowest BCUT2D eigenvalue weighted by atomic mass is 9.66. The summed E-state index contributed by atoms with van der Waals surface area (Å²) in [6, 6.07) is 0. The Labute approximate surface area is 106 Å². The maximum absolute atomic E-state index is 10.9. The molecule has 0 aliphatic rings. The van der Waals surface area contributed by atoms with Crippen LogP contribution in [-0.2, 0) is 0 Å². The van der Waals surface area contributed by atoms with E-state index < -0.39 is 11.0 Å². The molecule has 4 N–H and O–H groups in total. The lowest BCUT2D eigenvalue weighted by Gasteiger charge is -2.46. The number of nitrogens with two attached hydrogens (primary N) is 1. The van der Waals surface area contributed by atoms with Gasteiger partial charge in [-0.15, -0.1) is 0 Å². The van der Waals surface area contributed by atoms with Gasteiger partial charge >= 0.3 is 0 Å². The van der Waals surface area contributed by atoms with Crippen LogP contribution in [0.15, 0.2) is 0 Å². The van der Waals surface area contributed by atoms with E-state index in [2.05, 4.69) is 13.8 Å². The van der Waals surface area contributed by atoms with E-state index in [1.54, 1.807) is 0 Å². The summed E-state index contributed by atoms with van der Waals surface area (Å²) >= 11 is 0. The average molecular weight is 245 g/mol. The fourth-order valence-electron chi connectivity index (χ4n) is 2.58. The molecule has 1 unspecified atom stereocenters. The van der Waals surface area contributed by atoms with Gasteiger partial charge in [0.15, 0.2) is 0 Å². The first-order valence-corrected chi connectivity index (χ1v) is 7.09. The van der Waals surface area contributed by atoms with Gasteiger partial charge in [0, 0.05) is 12.0 Å².